The van der Waals surface area contributed by atoms with Crippen LogP contribution in [0.1, 0.15) is 32.3 Å². The summed E-state index contributed by atoms with van der Waals surface area (Å²) in [5.74, 6) is 0.589. The number of likely N-dealkylation sites (tertiary alicyclic amines) is 1. The molecule has 1 aliphatic rings. The SMILES string of the molecule is CC(C)C(=O)N(CCN(C)C)CC1CCCN(Cc2ccccc2F)C1. The molecular formula is C21H34FN3O. The molecular weight excluding hydrogens is 329 g/mol. The number of likely N-dealkylation sites (N-methyl/N-ethyl adjacent to an activating group) is 1. The Morgan fingerprint density at radius 1 is 1.27 bits per heavy atom. The molecule has 0 N–H and O–H groups in total. The van der Waals surface area contributed by atoms with Crippen LogP contribution in [-0.2, 0) is 11.3 Å². The normalized spacial score (nSPS) is 18.5. The Labute approximate surface area is 158 Å². The van der Waals surface area contributed by atoms with Gasteiger partial charge in [0.05, 0.1) is 0 Å². The zero-order chi connectivity index (χ0) is 19.1. The Morgan fingerprint density at radius 2 is 2.00 bits per heavy atom. The first-order valence-corrected chi connectivity index (χ1v) is 9.76. The first-order valence-electron chi connectivity index (χ1n) is 9.76. The lowest BCUT2D eigenvalue weighted by molar-refractivity contribution is -0.135. The molecule has 146 valence electrons. The van der Waals surface area contributed by atoms with Crippen molar-refractivity contribution in [3.8, 4) is 0 Å². The third-order valence-electron chi connectivity index (χ3n) is 5.06. The molecule has 1 unspecified atom stereocenters. The number of nitrogens with zero attached hydrogens (tertiary/aromatic N) is 3. The van der Waals surface area contributed by atoms with Crippen LogP contribution < -0.4 is 0 Å². The maximum atomic E-state index is 13.9. The minimum atomic E-state index is -0.128. The van der Waals surface area contributed by atoms with Gasteiger partial charge in [0.1, 0.15) is 5.82 Å². The minimum Gasteiger partial charge on any atom is -0.341 e. The molecule has 1 aliphatic heterocycles. The van der Waals surface area contributed by atoms with Crippen molar-refractivity contribution >= 4 is 5.91 Å². The second-order valence-corrected chi connectivity index (χ2v) is 8.08. The first-order chi connectivity index (χ1) is 12.4. The van der Waals surface area contributed by atoms with Gasteiger partial charge in [0.2, 0.25) is 5.91 Å². The molecule has 0 radical (unpaired) electrons. The second-order valence-electron chi connectivity index (χ2n) is 8.08. The van der Waals surface area contributed by atoms with Crippen molar-refractivity contribution in [3.05, 3.63) is 35.6 Å². The number of piperidine rings is 1. The van der Waals surface area contributed by atoms with Crippen LogP contribution in [0.5, 0.6) is 0 Å². The molecule has 1 heterocycles. The fourth-order valence-corrected chi connectivity index (χ4v) is 3.60. The van der Waals surface area contributed by atoms with E-state index in [0.29, 0.717) is 12.5 Å². The van der Waals surface area contributed by atoms with E-state index in [1.165, 1.54) is 6.07 Å². The summed E-state index contributed by atoms with van der Waals surface area (Å²) in [5, 5.41) is 0. The van der Waals surface area contributed by atoms with Crippen molar-refractivity contribution < 1.29 is 9.18 Å². The molecule has 0 saturated carbocycles. The third kappa shape index (κ3) is 6.36. The van der Waals surface area contributed by atoms with Gasteiger partial charge < -0.3 is 9.80 Å². The van der Waals surface area contributed by atoms with Crippen molar-refractivity contribution in [1.82, 2.24) is 14.7 Å². The molecule has 5 heteroatoms. The summed E-state index contributed by atoms with van der Waals surface area (Å²) in [4.78, 5) is 19.1. The fraction of sp³-hybridized carbons (Fsp3) is 0.667. The summed E-state index contributed by atoms with van der Waals surface area (Å²) < 4.78 is 13.9. The van der Waals surface area contributed by atoms with Crippen LogP contribution in [0, 0.1) is 17.7 Å². The van der Waals surface area contributed by atoms with Gasteiger partial charge in [-0.25, -0.2) is 4.39 Å². The van der Waals surface area contributed by atoms with Gasteiger partial charge in [-0.1, -0.05) is 32.0 Å². The average Bonchev–Trinajstić information content (AvgIpc) is 2.60. The van der Waals surface area contributed by atoms with Gasteiger partial charge in [0.15, 0.2) is 0 Å². The van der Waals surface area contributed by atoms with E-state index < -0.39 is 0 Å². The lowest BCUT2D eigenvalue weighted by Crippen LogP contribution is -2.45. The standard InChI is InChI=1S/C21H34FN3O/c1-17(2)21(26)25(13-12-23(3)4)15-18-8-7-11-24(14-18)16-19-9-5-6-10-20(19)22/h5-6,9-10,17-18H,7-8,11-16H2,1-4H3. The van der Waals surface area contributed by atoms with Gasteiger partial charge in [-0.2, -0.15) is 0 Å². The van der Waals surface area contributed by atoms with E-state index in [4.69, 9.17) is 0 Å². The van der Waals surface area contributed by atoms with Crippen LogP contribution in [0.3, 0.4) is 0 Å². The summed E-state index contributed by atoms with van der Waals surface area (Å²) in [5.41, 5.74) is 0.760. The summed E-state index contributed by atoms with van der Waals surface area (Å²) in [6.45, 7) is 8.97. The summed E-state index contributed by atoms with van der Waals surface area (Å²) in [7, 11) is 4.07. The Morgan fingerprint density at radius 3 is 2.65 bits per heavy atom. The molecule has 1 aromatic carbocycles. The van der Waals surface area contributed by atoms with Crippen LogP contribution in [0.4, 0.5) is 4.39 Å². The Kier molecular flexibility index (Phi) is 8.04. The number of hydrogen-bond acceptors (Lipinski definition) is 3. The lowest BCUT2D eigenvalue weighted by atomic mass is 9.96. The molecule has 1 amide bonds. The lowest BCUT2D eigenvalue weighted by Gasteiger charge is -2.36. The second kappa shape index (κ2) is 10.0. The highest BCUT2D eigenvalue weighted by molar-refractivity contribution is 5.78. The highest BCUT2D eigenvalue weighted by Gasteiger charge is 2.25. The number of rotatable bonds is 8. The molecule has 1 atom stereocenters. The van der Waals surface area contributed by atoms with Gasteiger partial charge in [-0.15, -0.1) is 0 Å². The highest BCUT2D eigenvalue weighted by Crippen LogP contribution is 2.21. The van der Waals surface area contributed by atoms with Gasteiger partial charge >= 0.3 is 0 Å². The van der Waals surface area contributed by atoms with Crippen molar-refractivity contribution in [2.75, 3.05) is 46.8 Å². The number of benzene rings is 1. The average molecular weight is 364 g/mol. The topological polar surface area (TPSA) is 26.8 Å². The molecule has 0 spiro atoms. The summed E-state index contributed by atoms with van der Waals surface area (Å²) in [6.07, 6.45) is 2.24. The number of carbonyl (C=O) groups excluding carboxylic acids is 1. The number of amides is 1. The van der Waals surface area contributed by atoms with E-state index in [9.17, 15) is 9.18 Å². The molecule has 1 fully saturated rings. The maximum Gasteiger partial charge on any atom is 0.225 e. The Bertz CT molecular complexity index is 576. The van der Waals surface area contributed by atoms with E-state index in [2.05, 4.69) is 9.80 Å². The predicted molar refractivity (Wildman–Crippen MR) is 104 cm³/mol. The fourth-order valence-electron chi connectivity index (χ4n) is 3.60. The van der Waals surface area contributed by atoms with Crippen molar-refractivity contribution in [2.24, 2.45) is 11.8 Å². The van der Waals surface area contributed by atoms with Crippen molar-refractivity contribution in [3.63, 3.8) is 0 Å². The van der Waals surface area contributed by atoms with Crippen LogP contribution >= 0.6 is 0 Å². The predicted octanol–water partition coefficient (Wildman–Crippen LogP) is 3.08. The monoisotopic (exact) mass is 363 g/mol. The van der Waals surface area contributed by atoms with Crippen LogP contribution in [0.2, 0.25) is 0 Å². The van der Waals surface area contributed by atoms with Gasteiger partial charge in [0.25, 0.3) is 0 Å². The first kappa shape index (κ1) is 20.8. The molecule has 0 aromatic heterocycles. The molecule has 0 bridgehead atoms. The van der Waals surface area contributed by atoms with Gasteiger partial charge in [-0.05, 0) is 45.5 Å². The molecule has 4 nitrogen and oxygen atoms in total. The minimum absolute atomic E-state index is 0.0234. The Hall–Kier alpha value is -1.46. The van der Waals surface area contributed by atoms with Gasteiger partial charge in [0, 0.05) is 44.2 Å². The van der Waals surface area contributed by atoms with E-state index in [-0.39, 0.29) is 17.6 Å². The highest BCUT2D eigenvalue weighted by atomic mass is 19.1. The van der Waals surface area contributed by atoms with E-state index in [1.54, 1.807) is 6.07 Å². The number of halogens is 1. The zero-order valence-electron chi connectivity index (χ0n) is 16.7. The van der Waals surface area contributed by atoms with E-state index in [1.807, 2.05) is 45.0 Å². The molecule has 1 saturated heterocycles. The van der Waals surface area contributed by atoms with Crippen molar-refractivity contribution in [2.45, 2.75) is 33.2 Å². The number of hydrogen-bond donors (Lipinski definition) is 0. The Balaban J connectivity index is 1.95. The molecule has 0 aliphatic carbocycles. The van der Waals surface area contributed by atoms with Crippen molar-refractivity contribution in [1.29, 1.82) is 0 Å². The molecule has 26 heavy (non-hydrogen) atoms. The quantitative estimate of drug-likeness (QED) is 0.710. The van der Waals surface area contributed by atoms with Crippen LogP contribution in [-0.4, -0.2) is 67.4 Å². The van der Waals surface area contributed by atoms with E-state index >= 15 is 0 Å². The smallest absolute Gasteiger partial charge is 0.225 e. The van der Waals surface area contributed by atoms with Crippen LogP contribution in [0.15, 0.2) is 24.3 Å². The van der Waals surface area contributed by atoms with Crippen LogP contribution in [0.25, 0.3) is 0 Å². The molecule has 2 rings (SSSR count). The molecule has 1 aromatic rings. The van der Waals surface area contributed by atoms with Gasteiger partial charge in [-0.3, -0.25) is 9.69 Å². The number of carbonyl (C=O) groups is 1. The van der Waals surface area contributed by atoms with E-state index in [0.717, 1.165) is 51.1 Å². The summed E-state index contributed by atoms with van der Waals surface area (Å²) in [6, 6.07) is 7.02. The zero-order valence-corrected chi connectivity index (χ0v) is 16.7. The third-order valence-corrected chi connectivity index (χ3v) is 5.06. The summed E-state index contributed by atoms with van der Waals surface area (Å²) >= 11 is 0. The maximum absolute atomic E-state index is 13.9. The largest absolute Gasteiger partial charge is 0.341 e.